The van der Waals surface area contributed by atoms with Crippen LogP contribution >= 0.6 is 27.3 Å². The summed E-state index contributed by atoms with van der Waals surface area (Å²) in [6, 6.07) is 1.99. The van der Waals surface area contributed by atoms with Gasteiger partial charge in [-0.2, -0.15) is 4.98 Å². The first-order valence-electron chi connectivity index (χ1n) is 8.68. The van der Waals surface area contributed by atoms with E-state index in [0.29, 0.717) is 24.2 Å². The minimum Gasteiger partial charge on any atom is -0.343 e. The van der Waals surface area contributed by atoms with Crippen LogP contribution in [0, 0.1) is 5.92 Å². The molecule has 0 atom stereocenters. The van der Waals surface area contributed by atoms with Gasteiger partial charge < -0.3 is 9.42 Å². The Bertz CT molecular complexity index is 705. The van der Waals surface area contributed by atoms with Crippen molar-refractivity contribution in [2.75, 3.05) is 26.2 Å². The lowest BCUT2D eigenvalue weighted by atomic mass is 9.95. The second kappa shape index (κ2) is 8.42. The SMILES string of the molecule is CCN(CC)C(=O)C1CCN(Cc2nc(-c3cc(Br)cs3)no2)CC1. The molecule has 8 heteroatoms. The molecule has 0 radical (unpaired) electrons. The number of thiophene rings is 1. The standard InChI is InChI=1S/C17H23BrN4O2S/c1-3-22(4-2)17(23)12-5-7-21(8-6-12)10-15-19-16(20-24-15)14-9-13(18)11-25-14/h9,11-12H,3-8,10H2,1-2H3. The first kappa shape index (κ1) is 18.5. The molecular formula is C17H23BrN4O2S. The number of halogens is 1. The molecule has 3 heterocycles. The number of aromatic nitrogens is 2. The fourth-order valence-electron chi connectivity index (χ4n) is 3.17. The predicted octanol–water partition coefficient (Wildman–Crippen LogP) is 3.64. The average molecular weight is 427 g/mol. The third-order valence-electron chi connectivity index (χ3n) is 4.63. The molecule has 6 nitrogen and oxygen atoms in total. The van der Waals surface area contributed by atoms with Crippen molar-refractivity contribution in [3.63, 3.8) is 0 Å². The quantitative estimate of drug-likeness (QED) is 0.705. The van der Waals surface area contributed by atoms with Crippen molar-refractivity contribution in [1.29, 1.82) is 0 Å². The van der Waals surface area contributed by atoms with Crippen LogP contribution in [0.3, 0.4) is 0 Å². The molecule has 0 N–H and O–H groups in total. The third-order valence-corrected chi connectivity index (χ3v) is 6.31. The fourth-order valence-corrected chi connectivity index (χ4v) is 4.52. The van der Waals surface area contributed by atoms with Crippen LogP contribution in [0.25, 0.3) is 10.7 Å². The van der Waals surface area contributed by atoms with Crippen LogP contribution in [0.4, 0.5) is 0 Å². The first-order chi connectivity index (χ1) is 12.1. The summed E-state index contributed by atoms with van der Waals surface area (Å²) in [7, 11) is 0. The zero-order chi connectivity index (χ0) is 17.8. The average Bonchev–Trinajstić information content (AvgIpc) is 3.25. The van der Waals surface area contributed by atoms with Gasteiger partial charge >= 0.3 is 0 Å². The van der Waals surface area contributed by atoms with Gasteiger partial charge in [-0.05, 0) is 61.8 Å². The largest absolute Gasteiger partial charge is 0.343 e. The van der Waals surface area contributed by atoms with Crippen molar-refractivity contribution in [2.24, 2.45) is 5.92 Å². The van der Waals surface area contributed by atoms with Crippen LogP contribution in [-0.2, 0) is 11.3 Å². The summed E-state index contributed by atoms with van der Waals surface area (Å²) in [5.41, 5.74) is 0. The molecule has 1 amide bonds. The number of amides is 1. The first-order valence-corrected chi connectivity index (χ1v) is 10.4. The Morgan fingerprint density at radius 3 is 2.72 bits per heavy atom. The summed E-state index contributed by atoms with van der Waals surface area (Å²) in [6.07, 6.45) is 1.79. The van der Waals surface area contributed by atoms with E-state index in [1.807, 2.05) is 30.2 Å². The number of rotatable bonds is 6. The molecule has 1 saturated heterocycles. The van der Waals surface area contributed by atoms with E-state index < -0.39 is 0 Å². The van der Waals surface area contributed by atoms with Gasteiger partial charge in [0.05, 0.1) is 11.4 Å². The van der Waals surface area contributed by atoms with Crippen molar-refractivity contribution in [1.82, 2.24) is 19.9 Å². The van der Waals surface area contributed by atoms with Gasteiger partial charge in [0.2, 0.25) is 17.6 Å². The monoisotopic (exact) mass is 426 g/mol. The highest BCUT2D eigenvalue weighted by Gasteiger charge is 2.28. The maximum atomic E-state index is 12.5. The molecule has 0 aliphatic carbocycles. The van der Waals surface area contributed by atoms with Crippen LogP contribution < -0.4 is 0 Å². The van der Waals surface area contributed by atoms with E-state index in [1.165, 1.54) is 0 Å². The zero-order valence-electron chi connectivity index (χ0n) is 14.6. The van der Waals surface area contributed by atoms with Gasteiger partial charge in [0, 0.05) is 28.9 Å². The Kier molecular flexibility index (Phi) is 6.24. The number of likely N-dealkylation sites (tertiary alicyclic amines) is 1. The Balaban J connectivity index is 1.53. The lowest BCUT2D eigenvalue weighted by molar-refractivity contribution is -0.136. The van der Waals surface area contributed by atoms with Gasteiger partial charge in [0.25, 0.3) is 0 Å². The molecule has 0 spiro atoms. The van der Waals surface area contributed by atoms with Gasteiger partial charge in [0.1, 0.15) is 0 Å². The maximum Gasteiger partial charge on any atom is 0.241 e. The van der Waals surface area contributed by atoms with Crippen molar-refractivity contribution in [3.05, 3.63) is 21.8 Å². The van der Waals surface area contributed by atoms with Gasteiger partial charge in [-0.1, -0.05) is 5.16 Å². The maximum absolute atomic E-state index is 12.5. The predicted molar refractivity (Wildman–Crippen MR) is 101 cm³/mol. The molecule has 136 valence electrons. The van der Waals surface area contributed by atoms with Crippen LogP contribution in [0.15, 0.2) is 20.4 Å². The Hall–Kier alpha value is -1.25. The van der Waals surface area contributed by atoms with E-state index in [-0.39, 0.29) is 5.92 Å². The Morgan fingerprint density at radius 1 is 1.40 bits per heavy atom. The highest BCUT2D eigenvalue weighted by atomic mass is 79.9. The van der Waals surface area contributed by atoms with Gasteiger partial charge in [0.15, 0.2) is 0 Å². The summed E-state index contributed by atoms with van der Waals surface area (Å²) in [5.74, 6) is 1.72. The lowest BCUT2D eigenvalue weighted by Gasteiger charge is -2.32. The molecule has 25 heavy (non-hydrogen) atoms. The summed E-state index contributed by atoms with van der Waals surface area (Å²) >= 11 is 5.02. The number of hydrogen-bond acceptors (Lipinski definition) is 6. The van der Waals surface area contributed by atoms with Gasteiger partial charge in [-0.3, -0.25) is 9.69 Å². The molecular weight excluding hydrogens is 404 g/mol. The normalized spacial score (nSPS) is 16.3. The van der Waals surface area contributed by atoms with Gasteiger partial charge in [-0.15, -0.1) is 11.3 Å². The third kappa shape index (κ3) is 4.48. The summed E-state index contributed by atoms with van der Waals surface area (Å²) in [5, 5.41) is 6.07. The van der Waals surface area contributed by atoms with Crippen LogP contribution in [0.5, 0.6) is 0 Å². The highest BCUT2D eigenvalue weighted by Crippen LogP contribution is 2.28. The summed E-state index contributed by atoms with van der Waals surface area (Å²) < 4.78 is 6.42. The molecule has 2 aromatic rings. The van der Waals surface area contributed by atoms with Crippen molar-refractivity contribution < 1.29 is 9.32 Å². The molecule has 1 aliphatic heterocycles. The molecule has 1 aliphatic rings. The number of hydrogen-bond donors (Lipinski definition) is 0. The number of carbonyl (C=O) groups excluding carboxylic acids is 1. The fraction of sp³-hybridized carbons (Fsp3) is 0.588. The number of carbonyl (C=O) groups is 1. The second-order valence-corrected chi connectivity index (χ2v) is 8.03. The van der Waals surface area contributed by atoms with E-state index in [0.717, 1.165) is 48.4 Å². The molecule has 0 saturated carbocycles. The number of piperidine rings is 1. The minimum atomic E-state index is 0.151. The lowest BCUT2D eigenvalue weighted by Crippen LogP contribution is -2.42. The summed E-state index contributed by atoms with van der Waals surface area (Å²) in [6.45, 7) is 8.08. The Morgan fingerprint density at radius 2 is 2.12 bits per heavy atom. The van der Waals surface area contributed by atoms with E-state index in [9.17, 15) is 4.79 Å². The Labute approximate surface area is 160 Å². The van der Waals surface area contributed by atoms with E-state index >= 15 is 0 Å². The molecule has 0 unspecified atom stereocenters. The topological polar surface area (TPSA) is 62.5 Å². The van der Waals surface area contributed by atoms with Crippen molar-refractivity contribution >= 4 is 33.2 Å². The van der Waals surface area contributed by atoms with E-state index in [1.54, 1.807) is 11.3 Å². The van der Waals surface area contributed by atoms with E-state index in [2.05, 4.69) is 31.0 Å². The van der Waals surface area contributed by atoms with E-state index in [4.69, 9.17) is 4.52 Å². The van der Waals surface area contributed by atoms with Crippen LogP contribution in [-0.4, -0.2) is 52.0 Å². The number of nitrogens with zero attached hydrogens (tertiary/aromatic N) is 4. The van der Waals surface area contributed by atoms with Crippen LogP contribution in [0.2, 0.25) is 0 Å². The molecule has 0 bridgehead atoms. The van der Waals surface area contributed by atoms with Crippen molar-refractivity contribution in [3.8, 4) is 10.7 Å². The zero-order valence-corrected chi connectivity index (χ0v) is 17.0. The van der Waals surface area contributed by atoms with Gasteiger partial charge in [-0.25, -0.2) is 0 Å². The molecule has 2 aromatic heterocycles. The highest BCUT2D eigenvalue weighted by molar-refractivity contribution is 9.10. The minimum absolute atomic E-state index is 0.151. The smallest absolute Gasteiger partial charge is 0.241 e. The molecule has 3 rings (SSSR count). The summed E-state index contributed by atoms with van der Waals surface area (Å²) in [4.78, 5) is 22.2. The van der Waals surface area contributed by atoms with Crippen LogP contribution in [0.1, 0.15) is 32.6 Å². The molecule has 1 fully saturated rings. The van der Waals surface area contributed by atoms with Crippen molar-refractivity contribution in [2.45, 2.75) is 33.2 Å². The second-order valence-electron chi connectivity index (χ2n) is 6.20. The molecule has 0 aromatic carbocycles.